The van der Waals surface area contributed by atoms with Crippen LogP contribution in [0.15, 0.2) is 60.8 Å². The van der Waals surface area contributed by atoms with Gasteiger partial charge in [-0.15, -0.1) is 0 Å². The van der Waals surface area contributed by atoms with Gasteiger partial charge in [0.05, 0.1) is 12.7 Å². The lowest BCUT2D eigenvalue weighted by Crippen LogP contribution is -2.30. The van der Waals surface area contributed by atoms with Crippen LogP contribution >= 0.6 is 11.6 Å². The third-order valence-electron chi connectivity index (χ3n) is 3.60. The van der Waals surface area contributed by atoms with Crippen molar-refractivity contribution in [3.63, 3.8) is 0 Å². The molecule has 1 heterocycles. The summed E-state index contributed by atoms with van der Waals surface area (Å²) in [5.74, 6) is 0.627. The minimum Gasteiger partial charge on any atom is -0.488 e. The molecule has 0 spiro atoms. The Morgan fingerprint density at radius 1 is 1.11 bits per heavy atom. The Morgan fingerprint density at radius 3 is 2.70 bits per heavy atom. The lowest BCUT2D eigenvalue weighted by molar-refractivity contribution is 0.0957. The molecule has 0 unspecified atom stereocenters. The first-order chi connectivity index (χ1) is 13.2. The average Bonchev–Trinajstić information content (AvgIpc) is 2.72. The predicted molar refractivity (Wildman–Crippen MR) is 102 cm³/mol. The third-order valence-corrected chi connectivity index (χ3v) is 3.97. The predicted octanol–water partition coefficient (Wildman–Crippen LogP) is 3.47. The Hall–Kier alpha value is -3.32. The average molecular weight is 385 g/mol. The van der Waals surface area contributed by atoms with Crippen LogP contribution in [-0.2, 0) is 6.61 Å². The number of hydrogen-bond donors (Lipinski definition) is 2. The summed E-state index contributed by atoms with van der Waals surface area (Å²) >= 11 is 6.14. The molecule has 0 bridgehead atoms. The fourth-order valence-electron chi connectivity index (χ4n) is 2.25. The topological polar surface area (TPSA) is 85.4 Å². The van der Waals surface area contributed by atoms with Crippen LogP contribution in [0.5, 0.6) is 11.6 Å². The minimum absolute atomic E-state index is 0.206. The Balaban J connectivity index is 1.67. The largest absolute Gasteiger partial charge is 0.488 e. The summed E-state index contributed by atoms with van der Waals surface area (Å²) in [6, 6.07) is 15.9. The van der Waals surface area contributed by atoms with Gasteiger partial charge in [0, 0.05) is 22.8 Å². The molecule has 0 fully saturated rings. The zero-order valence-electron chi connectivity index (χ0n) is 14.5. The second kappa shape index (κ2) is 8.86. The van der Waals surface area contributed by atoms with Crippen molar-refractivity contribution in [2.45, 2.75) is 6.61 Å². The van der Waals surface area contributed by atoms with Crippen molar-refractivity contribution < 1.29 is 14.3 Å². The van der Waals surface area contributed by atoms with Crippen LogP contribution in [0.2, 0.25) is 5.02 Å². The monoisotopic (exact) mass is 384 g/mol. The van der Waals surface area contributed by atoms with Gasteiger partial charge in [0.1, 0.15) is 12.4 Å². The van der Waals surface area contributed by atoms with Gasteiger partial charge >= 0.3 is 0 Å². The number of amides is 1. The standard InChI is InChI=1S/C19H17ClN4O3/c1-26-17-10-11-21-19(22-17)24-23-18(25)14-7-3-5-9-16(14)27-12-13-6-2-4-8-15(13)20/h2-11H,12H2,1H3,(H,23,25)(H,21,22,24). The van der Waals surface area contributed by atoms with E-state index in [1.807, 2.05) is 18.2 Å². The number of aromatic nitrogens is 2. The molecule has 0 saturated carbocycles. The van der Waals surface area contributed by atoms with Gasteiger partial charge in [0.15, 0.2) is 0 Å². The molecule has 0 aliphatic carbocycles. The minimum atomic E-state index is -0.392. The van der Waals surface area contributed by atoms with Crippen LogP contribution in [0, 0.1) is 0 Å². The number of ether oxygens (including phenoxy) is 2. The van der Waals surface area contributed by atoms with E-state index in [0.717, 1.165) is 5.56 Å². The van der Waals surface area contributed by atoms with Crippen LogP contribution < -0.4 is 20.3 Å². The first-order valence-electron chi connectivity index (χ1n) is 8.06. The second-order valence-electron chi connectivity index (χ2n) is 5.38. The lowest BCUT2D eigenvalue weighted by Gasteiger charge is -2.13. The number of hydrogen-bond acceptors (Lipinski definition) is 6. The summed E-state index contributed by atoms with van der Waals surface area (Å²) in [6.45, 7) is 0.246. The van der Waals surface area contributed by atoms with Crippen LogP contribution in [0.3, 0.4) is 0 Å². The summed E-state index contributed by atoms with van der Waals surface area (Å²) in [5, 5.41) is 0.608. The molecule has 0 aliphatic heterocycles. The maximum Gasteiger partial charge on any atom is 0.273 e. The van der Waals surface area contributed by atoms with Crippen molar-refractivity contribution in [2.24, 2.45) is 0 Å². The Morgan fingerprint density at radius 2 is 1.89 bits per heavy atom. The Bertz CT molecular complexity index is 936. The number of rotatable bonds is 7. The summed E-state index contributed by atoms with van der Waals surface area (Å²) in [4.78, 5) is 20.6. The van der Waals surface area contributed by atoms with Crippen molar-refractivity contribution in [1.29, 1.82) is 0 Å². The number of hydrazine groups is 1. The molecule has 27 heavy (non-hydrogen) atoms. The molecule has 0 saturated heterocycles. The van der Waals surface area contributed by atoms with E-state index in [9.17, 15) is 4.79 Å². The zero-order valence-corrected chi connectivity index (χ0v) is 15.2. The quantitative estimate of drug-likeness (QED) is 0.607. The van der Waals surface area contributed by atoms with Gasteiger partial charge in [-0.1, -0.05) is 41.9 Å². The zero-order chi connectivity index (χ0) is 19.1. The van der Waals surface area contributed by atoms with Crippen molar-refractivity contribution >= 4 is 23.5 Å². The second-order valence-corrected chi connectivity index (χ2v) is 5.79. The molecule has 2 aromatic carbocycles. The molecule has 138 valence electrons. The summed E-state index contributed by atoms with van der Waals surface area (Å²) in [6.07, 6.45) is 1.51. The van der Waals surface area contributed by atoms with Crippen molar-refractivity contribution in [2.75, 3.05) is 12.5 Å². The van der Waals surface area contributed by atoms with Crippen molar-refractivity contribution in [3.05, 3.63) is 76.9 Å². The number of carbonyl (C=O) groups excluding carboxylic acids is 1. The highest BCUT2D eigenvalue weighted by Crippen LogP contribution is 2.22. The van der Waals surface area contributed by atoms with Gasteiger partial charge in [0.25, 0.3) is 5.91 Å². The summed E-state index contributed by atoms with van der Waals surface area (Å²) < 4.78 is 10.8. The van der Waals surface area contributed by atoms with Gasteiger partial charge in [-0.05, 0) is 18.2 Å². The van der Waals surface area contributed by atoms with Gasteiger partial charge in [-0.3, -0.25) is 15.6 Å². The SMILES string of the molecule is COc1ccnc(NNC(=O)c2ccccc2OCc2ccccc2Cl)n1. The lowest BCUT2D eigenvalue weighted by atomic mass is 10.2. The maximum absolute atomic E-state index is 12.5. The van der Waals surface area contributed by atoms with Crippen LogP contribution in [0.1, 0.15) is 15.9 Å². The fraction of sp³-hybridized carbons (Fsp3) is 0.105. The highest BCUT2D eigenvalue weighted by atomic mass is 35.5. The number of benzene rings is 2. The normalized spacial score (nSPS) is 10.1. The summed E-state index contributed by atoms with van der Waals surface area (Å²) in [5.41, 5.74) is 6.38. The van der Waals surface area contributed by atoms with Gasteiger partial charge in [-0.25, -0.2) is 4.98 Å². The highest BCUT2D eigenvalue weighted by Gasteiger charge is 2.13. The molecule has 2 N–H and O–H groups in total. The van der Waals surface area contributed by atoms with Gasteiger partial charge < -0.3 is 9.47 Å². The first-order valence-corrected chi connectivity index (χ1v) is 8.44. The number of anilines is 1. The highest BCUT2D eigenvalue weighted by molar-refractivity contribution is 6.31. The number of methoxy groups -OCH3 is 1. The Labute approximate surface area is 161 Å². The van der Waals surface area contributed by atoms with Crippen molar-refractivity contribution in [3.8, 4) is 11.6 Å². The molecule has 8 heteroatoms. The van der Waals surface area contributed by atoms with E-state index >= 15 is 0 Å². The van der Waals surface area contributed by atoms with E-state index in [0.29, 0.717) is 22.2 Å². The molecular weight excluding hydrogens is 368 g/mol. The molecule has 1 amide bonds. The van der Waals surface area contributed by atoms with Gasteiger partial charge in [-0.2, -0.15) is 4.98 Å². The van der Waals surface area contributed by atoms with Crippen molar-refractivity contribution in [1.82, 2.24) is 15.4 Å². The van der Waals surface area contributed by atoms with E-state index in [-0.39, 0.29) is 12.6 Å². The van der Waals surface area contributed by atoms with E-state index in [2.05, 4.69) is 20.8 Å². The third kappa shape index (κ3) is 4.86. The smallest absolute Gasteiger partial charge is 0.273 e. The number of carbonyl (C=O) groups is 1. The van der Waals surface area contributed by atoms with E-state index in [4.69, 9.17) is 21.1 Å². The number of para-hydroxylation sites is 1. The maximum atomic E-state index is 12.5. The fourth-order valence-corrected chi connectivity index (χ4v) is 2.44. The molecule has 0 atom stereocenters. The first kappa shape index (κ1) is 18.5. The molecular formula is C19H17ClN4O3. The van der Waals surface area contributed by atoms with E-state index in [1.165, 1.54) is 13.3 Å². The molecule has 1 aromatic heterocycles. The molecule has 0 aliphatic rings. The number of halogens is 1. The molecule has 7 nitrogen and oxygen atoms in total. The van der Waals surface area contributed by atoms with E-state index < -0.39 is 5.91 Å². The van der Waals surface area contributed by atoms with Crippen LogP contribution in [0.25, 0.3) is 0 Å². The van der Waals surface area contributed by atoms with E-state index in [1.54, 1.807) is 36.4 Å². The van der Waals surface area contributed by atoms with Gasteiger partial charge in [0.2, 0.25) is 11.8 Å². The molecule has 0 radical (unpaired) electrons. The molecule has 3 aromatic rings. The number of nitrogens with zero attached hydrogens (tertiary/aromatic N) is 2. The van der Waals surface area contributed by atoms with Crippen LogP contribution in [-0.4, -0.2) is 23.0 Å². The number of nitrogens with one attached hydrogen (secondary N) is 2. The van der Waals surface area contributed by atoms with Crippen LogP contribution in [0.4, 0.5) is 5.95 Å². The Kier molecular flexibility index (Phi) is 6.06. The summed E-state index contributed by atoms with van der Waals surface area (Å²) in [7, 11) is 1.50. The molecule has 3 rings (SSSR count).